The van der Waals surface area contributed by atoms with Crippen molar-refractivity contribution in [2.24, 2.45) is 5.73 Å². The third kappa shape index (κ3) is 4.22. The summed E-state index contributed by atoms with van der Waals surface area (Å²) in [5.74, 6) is -1.22. The molecule has 0 fully saturated rings. The van der Waals surface area contributed by atoms with Crippen LogP contribution in [0.4, 0.5) is 8.78 Å². The van der Waals surface area contributed by atoms with Crippen LogP contribution >= 0.6 is 0 Å². The van der Waals surface area contributed by atoms with Crippen molar-refractivity contribution in [1.29, 1.82) is 0 Å². The molecule has 9 heteroatoms. The Kier molecular flexibility index (Phi) is 5.81. The van der Waals surface area contributed by atoms with Crippen molar-refractivity contribution in [2.75, 3.05) is 7.11 Å². The monoisotopic (exact) mass is 487 g/mol. The fourth-order valence-corrected chi connectivity index (χ4v) is 4.04. The molecule has 0 aliphatic heterocycles. The highest BCUT2D eigenvalue weighted by Crippen LogP contribution is 2.34. The number of amides is 1. The smallest absolute Gasteiger partial charge is 0.252 e. The van der Waals surface area contributed by atoms with Crippen molar-refractivity contribution in [3.8, 4) is 17.2 Å². The normalized spacial score (nSPS) is 11.1. The standard InChI is InChI=1S/C27H19F2N3O4/c1-35-25-14-22-19(13-20(25)27(30)34)24(6-8-31-22)36-18-4-5-23-16(10-18)7-9-32(23)26(33)11-15-2-3-17(28)12-21(15)29/h2-10,12-14H,11H2,1H3,(H2,30,34). The summed E-state index contributed by atoms with van der Waals surface area (Å²) in [5, 5.41) is 1.29. The van der Waals surface area contributed by atoms with E-state index in [0.29, 0.717) is 33.7 Å². The zero-order valence-corrected chi connectivity index (χ0v) is 19.0. The van der Waals surface area contributed by atoms with Crippen LogP contribution in [0.15, 0.2) is 73.1 Å². The first-order valence-electron chi connectivity index (χ1n) is 10.9. The zero-order valence-electron chi connectivity index (χ0n) is 19.0. The van der Waals surface area contributed by atoms with Crippen LogP contribution in [0.3, 0.4) is 0 Å². The molecule has 2 aromatic heterocycles. The summed E-state index contributed by atoms with van der Waals surface area (Å²) in [6.07, 6.45) is 2.94. The third-order valence-corrected chi connectivity index (χ3v) is 5.80. The maximum absolute atomic E-state index is 14.0. The predicted molar refractivity (Wildman–Crippen MR) is 130 cm³/mol. The SMILES string of the molecule is COc1cc2nccc(Oc3ccc4c(ccn4C(=O)Cc4ccc(F)cc4F)c3)c2cc1C(N)=O. The van der Waals surface area contributed by atoms with Gasteiger partial charge in [0.1, 0.15) is 28.9 Å². The highest BCUT2D eigenvalue weighted by atomic mass is 19.1. The number of nitrogens with two attached hydrogens (primary N) is 1. The van der Waals surface area contributed by atoms with Gasteiger partial charge < -0.3 is 15.2 Å². The van der Waals surface area contributed by atoms with E-state index in [-0.39, 0.29) is 23.5 Å². The fourth-order valence-electron chi connectivity index (χ4n) is 4.04. The molecule has 0 spiro atoms. The Hall–Kier alpha value is -4.79. The molecule has 2 heterocycles. The summed E-state index contributed by atoms with van der Waals surface area (Å²) in [4.78, 5) is 29.0. The molecule has 2 N–H and O–H groups in total. The number of pyridine rings is 1. The van der Waals surface area contributed by atoms with E-state index in [9.17, 15) is 18.4 Å². The second-order valence-corrected chi connectivity index (χ2v) is 8.06. The Morgan fingerprint density at radius 3 is 2.58 bits per heavy atom. The van der Waals surface area contributed by atoms with Gasteiger partial charge in [-0.2, -0.15) is 0 Å². The third-order valence-electron chi connectivity index (χ3n) is 5.80. The van der Waals surface area contributed by atoms with Crippen LogP contribution in [0.1, 0.15) is 20.7 Å². The van der Waals surface area contributed by atoms with Crippen molar-refractivity contribution < 1.29 is 27.8 Å². The molecule has 0 atom stereocenters. The number of rotatable bonds is 6. The lowest BCUT2D eigenvalue weighted by atomic mass is 10.1. The van der Waals surface area contributed by atoms with Gasteiger partial charge in [-0.3, -0.25) is 19.1 Å². The van der Waals surface area contributed by atoms with Crippen molar-refractivity contribution in [2.45, 2.75) is 6.42 Å². The molecule has 0 saturated carbocycles. The summed E-state index contributed by atoms with van der Waals surface area (Å²) in [6.45, 7) is 0. The predicted octanol–water partition coefficient (Wildman–Crippen LogP) is 5.25. The van der Waals surface area contributed by atoms with Crippen LogP contribution in [0.5, 0.6) is 17.2 Å². The number of benzene rings is 3. The lowest BCUT2D eigenvalue weighted by Crippen LogP contribution is -2.13. The number of ether oxygens (including phenoxy) is 2. The summed E-state index contributed by atoms with van der Waals surface area (Å²) in [6, 6.07) is 14.9. The highest BCUT2D eigenvalue weighted by Gasteiger charge is 2.16. The van der Waals surface area contributed by atoms with Gasteiger partial charge in [0, 0.05) is 35.3 Å². The largest absolute Gasteiger partial charge is 0.496 e. The van der Waals surface area contributed by atoms with Gasteiger partial charge in [0.15, 0.2) is 0 Å². The first-order valence-corrected chi connectivity index (χ1v) is 10.9. The van der Waals surface area contributed by atoms with Crippen molar-refractivity contribution in [1.82, 2.24) is 9.55 Å². The maximum atomic E-state index is 14.0. The van der Waals surface area contributed by atoms with E-state index in [0.717, 1.165) is 17.5 Å². The summed E-state index contributed by atoms with van der Waals surface area (Å²) < 4.78 is 39.9. The topological polar surface area (TPSA) is 96.4 Å². The molecule has 0 saturated heterocycles. The molecule has 0 aliphatic carbocycles. The Morgan fingerprint density at radius 1 is 1.00 bits per heavy atom. The highest BCUT2D eigenvalue weighted by molar-refractivity contribution is 6.01. The van der Waals surface area contributed by atoms with Crippen molar-refractivity contribution >= 4 is 33.6 Å². The summed E-state index contributed by atoms with van der Waals surface area (Å²) in [7, 11) is 1.44. The van der Waals surface area contributed by atoms with E-state index in [2.05, 4.69) is 4.98 Å². The van der Waals surface area contributed by atoms with Crippen molar-refractivity contribution in [3.63, 3.8) is 0 Å². The molecule has 5 rings (SSSR count). The number of hydrogen-bond acceptors (Lipinski definition) is 5. The number of fused-ring (bicyclic) bond motifs is 2. The molecule has 0 unspecified atom stereocenters. The molecule has 0 aliphatic rings. The molecule has 180 valence electrons. The average Bonchev–Trinajstić information content (AvgIpc) is 3.28. The van der Waals surface area contributed by atoms with Crippen LogP contribution in [-0.4, -0.2) is 28.5 Å². The minimum atomic E-state index is -0.766. The lowest BCUT2D eigenvalue weighted by Gasteiger charge is -2.12. The number of carbonyl (C=O) groups excluding carboxylic acids is 2. The van der Waals surface area contributed by atoms with Gasteiger partial charge >= 0.3 is 0 Å². The summed E-state index contributed by atoms with van der Waals surface area (Å²) >= 11 is 0. The van der Waals surface area contributed by atoms with E-state index < -0.39 is 17.5 Å². The van der Waals surface area contributed by atoms with Crippen LogP contribution < -0.4 is 15.2 Å². The Labute approximate surface area is 203 Å². The van der Waals surface area contributed by atoms with Gasteiger partial charge in [0.25, 0.3) is 5.91 Å². The molecule has 1 amide bonds. The minimum Gasteiger partial charge on any atom is -0.496 e. The van der Waals surface area contributed by atoms with Crippen LogP contribution in [0.25, 0.3) is 21.8 Å². The minimum absolute atomic E-state index is 0.111. The van der Waals surface area contributed by atoms with Gasteiger partial charge in [0.2, 0.25) is 5.91 Å². The zero-order chi connectivity index (χ0) is 25.4. The quantitative estimate of drug-likeness (QED) is 0.353. The number of halogens is 2. The molecular formula is C27H19F2N3O4. The second kappa shape index (κ2) is 9.10. The van der Waals surface area contributed by atoms with E-state index >= 15 is 0 Å². The number of carbonyl (C=O) groups is 2. The van der Waals surface area contributed by atoms with Crippen LogP contribution in [-0.2, 0) is 6.42 Å². The first kappa shape index (κ1) is 23.0. The van der Waals surface area contributed by atoms with Gasteiger partial charge in [-0.15, -0.1) is 0 Å². The molecule has 7 nitrogen and oxygen atoms in total. The van der Waals surface area contributed by atoms with E-state index in [1.54, 1.807) is 54.9 Å². The average molecular weight is 487 g/mol. The molecule has 0 radical (unpaired) electrons. The van der Waals surface area contributed by atoms with Gasteiger partial charge in [-0.1, -0.05) is 6.07 Å². The lowest BCUT2D eigenvalue weighted by molar-refractivity contribution is 0.0917. The first-order chi connectivity index (χ1) is 17.3. The molecule has 36 heavy (non-hydrogen) atoms. The second-order valence-electron chi connectivity index (χ2n) is 8.06. The molecule has 0 bridgehead atoms. The van der Waals surface area contributed by atoms with Crippen LogP contribution in [0.2, 0.25) is 0 Å². The van der Waals surface area contributed by atoms with E-state index in [1.807, 2.05) is 0 Å². The van der Waals surface area contributed by atoms with E-state index in [4.69, 9.17) is 15.2 Å². The van der Waals surface area contributed by atoms with Gasteiger partial charge in [-0.05, 0) is 48.0 Å². The van der Waals surface area contributed by atoms with E-state index in [1.165, 1.54) is 17.7 Å². The summed E-state index contributed by atoms with van der Waals surface area (Å²) in [5.41, 5.74) is 6.96. The number of primary amides is 1. The van der Waals surface area contributed by atoms with Crippen LogP contribution in [0, 0.1) is 11.6 Å². The molecular weight excluding hydrogens is 468 g/mol. The number of nitrogens with zero attached hydrogens (tertiary/aromatic N) is 2. The molecule has 5 aromatic rings. The number of methoxy groups -OCH3 is 1. The Morgan fingerprint density at radius 2 is 1.83 bits per heavy atom. The number of hydrogen-bond donors (Lipinski definition) is 1. The fraction of sp³-hybridized carbons (Fsp3) is 0.0741. The Bertz CT molecular complexity index is 1660. The number of aromatic nitrogens is 2. The van der Waals surface area contributed by atoms with Gasteiger partial charge in [0.05, 0.1) is 30.1 Å². The van der Waals surface area contributed by atoms with Gasteiger partial charge in [-0.25, -0.2) is 8.78 Å². The maximum Gasteiger partial charge on any atom is 0.252 e. The van der Waals surface area contributed by atoms with Crippen molar-refractivity contribution in [3.05, 3.63) is 95.8 Å². The molecule has 3 aromatic carbocycles. The Balaban J connectivity index is 1.45.